The van der Waals surface area contributed by atoms with Crippen LogP contribution in [0.5, 0.6) is 5.75 Å². The highest BCUT2D eigenvalue weighted by Gasteiger charge is 2.21. The van der Waals surface area contributed by atoms with Gasteiger partial charge < -0.3 is 10.1 Å². The fourth-order valence-corrected chi connectivity index (χ4v) is 4.51. The van der Waals surface area contributed by atoms with Crippen LogP contribution < -0.4 is 26.2 Å². The first-order valence-electron chi connectivity index (χ1n) is 12.5. The second-order valence-corrected chi connectivity index (χ2v) is 10.7. The third-order valence-corrected chi connectivity index (χ3v) is 6.88. The molecule has 37 heavy (non-hydrogen) atoms. The van der Waals surface area contributed by atoms with Crippen molar-refractivity contribution >= 4 is 56.7 Å². The van der Waals surface area contributed by atoms with E-state index in [1.54, 1.807) is 42.5 Å². The first-order valence-corrected chi connectivity index (χ1v) is 13.7. The Labute approximate surface area is 231 Å². The van der Waals surface area contributed by atoms with E-state index in [-0.39, 0.29) is 16.9 Å². The predicted molar refractivity (Wildman–Crippen MR) is 151 cm³/mol. The van der Waals surface area contributed by atoms with Crippen molar-refractivity contribution in [1.29, 1.82) is 0 Å². The number of anilines is 1. The van der Waals surface area contributed by atoms with Crippen LogP contribution in [0.2, 0.25) is 0 Å². The quantitative estimate of drug-likeness (QED) is 0.245. The third kappa shape index (κ3) is 9.12. The summed E-state index contributed by atoms with van der Waals surface area (Å²) in [5, 5.41) is 5.40. The van der Waals surface area contributed by atoms with Crippen molar-refractivity contribution in [2.45, 2.75) is 52.4 Å². The molecule has 3 rings (SSSR count). The normalized spacial score (nSPS) is 13.5. The zero-order chi connectivity index (χ0) is 26.8. The minimum Gasteiger partial charge on any atom is -0.492 e. The number of carbonyl (C=O) groups is 3. The molecule has 0 atom stereocenters. The molecule has 198 valence electrons. The van der Waals surface area contributed by atoms with Gasteiger partial charge in [0.1, 0.15) is 5.75 Å². The molecule has 0 radical (unpaired) electrons. The Hall–Kier alpha value is -2.98. The number of hydrazine groups is 1. The van der Waals surface area contributed by atoms with Gasteiger partial charge in [-0.1, -0.05) is 33.1 Å². The van der Waals surface area contributed by atoms with Crippen LogP contribution in [-0.2, 0) is 4.79 Å². The average Bonchev–Trinajstić information content (AvgIpc) is 2.89. The molecule has 1 aliphatic carbocycles. The minimum atomic E-state index is -0.438. The van der Waals surface area contributed by atoms with Gasteiger partial charge in [0.25, 0.3) is 11.8 Å². The Kier molecular flexibility index (Phi) is 10.9. The third-order valence-electron chi connectivity index (χ3n) is 6.05. The highest BCUT2D eigenvalue weighted by atomic mass is 79.9. The molecule has 3 amide bonds. The number of ether oxygens (including phenoxy) is 1. The molecule has 1 aliphatic rings. The van der Waals surface area contributed by atoms with Crippen LogP contribution in [0.4, 0.5) is 5.69 Å². The van der Waals surface area contributed by atoms with Gasteiger partial charge >= 0.3 is 0 Å². The van der Waals surface area contributed by atoms with E-state index < -0.39 is 11.8 Å². The number of thiocarbonyl (C=S) groups is 1. The van der Waals surface area contributed by atoms with Gasteiger partial charge in [0.15, 0.2) is 5.11 Å². The molecular formula is C27H33BrN4O4S. The zero-order valence-corrected chi connectivity index (χ0v) is 23.5. The zero-order valence-electron chi connectivity index (χ0n) is 21.1. The Bertz CT molecular complexity index is 1120. The molecule has 0 heterocycles. The fraction of sp³-hybridized carbons (Fsp3) is 0.407. The summed E-state index contributed by atoms with van der Waals surface area (Å²) in [6.45, 7) is 4.84. The van der Waals surface area contributed by atoms with E-state index in [2.05, 4.69) is 51.3 Å². The molecule has 0 unspecified atom stereocenters. The van der Waals surface area contributed by atoms with Gasteiger partial charge in [0, 0.05) is 22.7 Å². The highest BCUT2D eigenvalue weighted by Crippen LogP contribution is 2.27. The fourth-order valence-electron chi connectivity index (χ4n) is 3.87. The molecule has 0 aliphatic heterocycles. The Morgan fingerprint density at radius 3 is 2.30 bits per heavy atom. The Morgan fingerprint density at radius 2 is 1.65 bits per heavy atom. The molecule has 2 aromatic rings. The lowest BCUT2D eigenvalue weighted by molar-refractivity contribution is -0.120. The van der Waals surface area contributed by atoms with Crippen molar-refractivity contribution in [2.24, 2.45) is 11.8 Å². The number of amides is 3. The van der Waals surface area contributed by atoms with Crippen LogP contribution >= 0.6 is 28.1 Å². The van der Waals surface area contributed by atoms with Crippen LogP contribution in [-0.4, -0.2) is 29.4 Å². The molecule has 2 aromatic carbocycles. The molecule has 4 N–H and O–H groups in total. The number of hydrogen-bond donors (Lipinski definition) is 4. The molecule has 0 spiro atoms. The molecule has 8 nitrogen and oxygen atoms in total. The van der Waals surface area contributed by atoms with Gasteiger partial charge in [-0.25, -0.2) is 0 Å². The van der Waals surface area contributed by atoms with Crippen LogP contribution in [0.15, 0.2) is 46.9 Å². The summed E-state index contributed by atoms with van der Waals surface area (Å²) in [4.78, 5) is 37.4. The van der Waals surface area contributed by atoms with Gasteiger partial charge in [0.05, 0.1) is 11.1 Å². The van der Waals surface area contributed by atoms with Crippen molar-refractivity contribution in [3.63, 3.8) is 0 Å². The van der Waals surface area contributed by atoms with Crippen LogP contribution in [0, 0.1) is 11.8 Å². The monoisotopic (exact) mass is 588 g/mol. The van der Waals surface area contributed by atoms with E-state index in [0.29, 0.717) is 39.6 Å². The van der Waals surface area contributed by atoms with E-state index in [4.69, 9.17) is 17.0 Å². The molecule has 0 saturated heterocycles. The maximum Gasteiger partial charge on any atom is 0.269 e. The lowest BCUT2D eigenvalue weighted by Crippen LogP contribution is -2.48. The highest BCUT2D eigenvalue weighted by molar-refractivity contribution is 9.10. The smallest absolute Gasteiger partial charge is 0.269 e. The van der Waals surface area contributed by atoms with Gasteiger partial charge in [-0.2, -0.15) is 0 Å². The van der Waals surface area contributed by atoms with E-state index in [1.165, 1.54) is 6.42 Å². The maximum absolute atomic E-state index is 12.5. The summed E-state index contributed by atoms with van der Waals surface area (Å²) in [6, 6.07) is 11.6. The number of halogens is 1. The Balaban J connectivity index is 1.44. The number of rotatable bonds is 8. The molecular weight excluding hydrogens is 556 g/mol. The predicted octanol–water partition coefficient (Wildman–Crippen LogP) is 5.34. The summed E-state index contributed by atoms with van der Waals surface area (Å²) >= 11 is 8.56. The van der Waals surface area contributed by atoms with Crippen LogP contribution in [0.25, 0.3) is 0 Å². The lowest BCUT2D eigenvalue weighted by atomic mass is 9.88. The second-order valence-electron chi connectivity index (χ2n) is 9.44. The maximum atomic E-state index is 12.5. The molecule has 0 aromatic heterocycles. The standard InChI is InChI=1S/C27H33BrN4O4S/c1-17(2)14-15-36-23-13-10-20(16-22(23)28)25(34)30-27(37)32-31-26(35)19-8-11-21(12-9-19)29-24(33)18-6-4-3-5-7-18/h8-13,16-18H,3-7,14-15H2,1-2H3,(H,29,33)(H,31,35)(H2,30,32,34,37). The van der Waals surface area contributed by atoms with Crippen molar-refractivity contribution in [2.75, 3.05) is 11.9 Å². The molecule has 0 bridgehead atoms. The molecule has 1 fully saturated rings. The number of benzene rings is 2. The van der Waals surface area contributed by atoms with Crippen LogP contribution in [0.1, 0.15) is 73.1 Å². The number of hydrogen-bond acceptors (Lipinski definition) is 5. The summed E-state index contributed by atoms with van der Waals surface area (Å²) < 4.78 is 6.40. The molecule has 1 saturated carbocycles. The summed E-state index contributed by atoms with van der Waals surface area (Å²) in [5.74, 6) is 0.409. The Morgan fingerprint density at radius 1 is 0.973 bits per heavy atom. The van der Waals surface area contributed by atoms with Crippen molar-refractivity contribution < 1.29 is 19.1 Å². The number of carbonyl (C=O) groups excluding carboxylic acids is 3. The van der Waals surface area contributed by atoms with Crippen molar-refractivity contribution in [3.8, 4) is 5.75 Å². The van der Waals surface area contributed by atoms with Crippen molar-refractivity contribution in [3.05, 3.63) is 58.1 Å². The second kappa shape index (κ2) is 14.1. The SMILES string of the molecule is CC(C)CCOc1ccc(C(=O)NC(=S)NNC(=O)c2ccc(NC(=O)C3CCCCC3)cc2)cc1Br. The molecule has 10 heteroatoms. The minimum absolute atomic E-state index is 0.0278. The number of nitrogens with one attached hydrogen (secondary N) is 4. The van der Waals surface area contributed by atoms with Gasteiger partial charge in [0.2, 0.25) is 5.91 Å². The van der Waals surface area contributed by atoms with Crippen LogP contribution in [0.3, 0.4) is 0 Å². The van der Waals surface area contributed by atoms with Gasteiger partial charge in [-0.15, -0.1) is 0 Å². The van der Waals surface area contributed by atoms with E-state index in [0.717, 1.165) is 32.1 Å². The first kappa shape index (κ1) is 28.6. The summed E-state index contributed by atoms with van der Waals surface area (Å²) in [5.41, 5.74) is 6.38. The van der Waals surface area contributed by atoms with Gasteiger partial charge in [-0.3, -0.25) is 30.6 Å². The van der Waals surface area contributed by atoms with E-state index in [1.807, 2.05) is 0 Å². The van der Waals surface area contributed by atoms with E-state index in [9.17, 15) is 14.4 Å². The largest absolute Gasteiger partial charge is 0.492 e. The first-order chi connectivity index (χ1) is 17.7. The summed E-state index contributed by atoms with van der Waals surface area (Å²) in [6.07, 6.45) is 6.14. The summed E-state index contributed by atoms with van der Waals surface area (Å²) in [7, 11) is 0. The lowest BCUT2D eigenvalue weighted by Gasteiger charge is -2.20. The van der Waals surface area contributed by atoms with Crippen molar-refractivity contribution in [1.82, 2.24) is 16.2 Å². The van der Waals surface area contributed by atoms with E-state index >= 15 is 0 Å². The average molecular weight is 590 g/mol. The topological polar surface area (TPSA) is 109 Å². The van der Waals surface area contributed by atoms with Gasteiger partial charge in [-0.05, 0) is 95.8 Å².